The summed E-state index contributed by atoms with van der Waals surface area (Å²) in [6.07, 6.45) is 0.472. The van der Waals surface area contributed by atoms with Crippen molar-refractivity contribution in [3.8, 4) is 0 Å². The molecule has 26 heavy (non-hydrogen) atoms. The predicted molar refractivity (Wildman–Crippen MR) is 95.6 cm³/mol. The smallest absolute Gasteiger partial charge is 0.340 e. The highest BCUT2D eigenvalue weighted by Gasteiger charge is 2.32. The van der Waals surface area contributed by atoms with Gasteiger partial charge >= 0.3 is 18.0 Å². The van der Waals surface area contributed by atoms with E-state index in [-0.39, 0.29) is 35.7 Å². The number of amides is 2. The lowest BCUT2D eigenvalue weighted by Gasteiger charge is -2.28. The summed E-state index contributed by atoms with van der Waals surface area (Å²) in [5, 5.41) is 5.46. The number of esters is 2. The number of benzene rings is 1. The SMILES string of the molecule is CCOC(=O)C1=C(COC(=O)c2cc(Cl)ccc2N)NC(=O)NC1CC. The Hall–Kier alpha value is -2.74. The van der Waals surface area contributed by atoms with Crippen LogP contribution in [0.15, 0.2) is 29.5 Å². The Morgan fingerprint density at radius 2 is 1.96 bits per heavy atom. The molecule has 0 aromatic heterocycles. The van der Waals surface area contributed by atoms with Crippen LogP contribution in [-0.4, -0.2) is 37.2 Å². The normalized spacial score (nSPS) is 16.6. The fourth-order valence-corrected chi connectivity index (χ4v) is 2.67. The molecule has 0 saturated carbocycles. The van der Waals surface area contributed by atoms with Crippen LogP contribution in [0, 0.1) is 0 Å². The summed E-state index contributed by atoms with van der Waals surface area (Å²) < 4.78 is 10.3. The van der Waals surface area contributed by atoms with Crippen molar-refractivity contribution in [3.05, 3.63) is 40.1 Å². The lowest BCUT2D eigenvalue weighted by atomic mass is 10.0. The number of nitrogens with two attached hydrogens (primary N) is 1. The molecule has 1 unspecified atom stereocenters. The number of carbonyl (C=O) groups excluding carboxylic acids is 3. The monoisotopic (exact) mass is 381 g/mol. The minimum absolute atomic E-state index is 0.100. The third kappa shape index (κ3) is 4.45. The Balaban J connectivity index is 2.24. The first kappa shape index (κ1) is 19.6. The molecule has 0 fully saturated rings. The molecule has 1 atom stereocenters. The summed E-state index contributed by atoms with van der Waals surface area (Å²) >= 11 is 5.87. The number of nitrogens with one attached hydrogen (secondary N) is 2. The maximum Gasteiger partial charge on any atom is 0.340 e. The zero-order valence-electron chi connectivity index (χ0n) is 14.4. The van der Waals surface area contributed by atoms with Crippen LogP contribution < -0.4 is 16.4 Å². The molecule has 4 N–H and O–H groups in total. The Bertz CT molecular complexity index is 763. The van der Waals surface area contributed by atoms with E-state index in [0.29, 0.717) is 11.4 Å². The second kappa shape index (κ2) is 8.57. The van der Waals surface area contributed by atoms with Gasteiger partial charge in [0.05, 0.1) is 29.5 Å². The van der Waals surface area contributed by atoms with E-state index in [9.17, 15) is 14.4 Å². The molecular formula is C17H20ClN3O5. The van der Waals surface area contributed by atoms with Gasteiger partial charge in [-0.3, -0.25) is 0 Å². The minimum atomic E-state index is -0.721. The maximum absolute atomic E-state index is 12.3. The number of hydrogen-bond donors (Lipinski definition) is 3. The average Bonchev–Trinajstić information content (AvgIpc) is 2.61. The number of halogens is 1. The Morgan fingerprint density at radius 1 is 1.23 bits per heavy atom. The molecule has 1 aliphatic rings. The number of ether oxygens (including phenoxy) is 2. The second-order valence-corrected chi connectivity index (χ2v) is 5.92. The van der Waals surface area contributed by atoms with Crippen LogP contribution in [0.25, 0.3) is 0 Å². The molecule has 0 bridgehead atoms. The van der Waals surface area contributed by atoms with Crippen molar-refractivity contribution in [1.29, 1.82) is 0 Å². The van der Waals surface area contributed by atoms with E-state index in [1.54, 1.807) is 13.0 Å². The van der Waals surface area contributed by atoms with Crippen LogP contribution in [0.4, 0.5) is 10.5 Å². The van der Waals surface area contributed by atoms with Crippen molar-refractivity contribution in [2.24, 2.45) is 0 Å². The van der Waals surface area contributed by atoms with Crippen molar-refractivity contribution in [3.63, 3.8) is 0 Å². The summed E-state index contributed by atoms with van der Waals surface area (Å²) in [5.74, 6) is -1.30. The van der Waals surface area contributed by atoms with Crippen molar-refractivity contribution in [2.45, 2.75) is 26.3 Å². The zero-order valence-corrected chi connectivity index (χ0v) is 15.2. The number of anilines is 1. The van der Waals surface area contributed by atoms with Crippen molar-refractivity contribution < 1.29 is 23.9 Å². The first-order valence-electron chi connectivity index (χ1n) is 8.07. The van der Waals surface area contributed by atoms with Gasteiger partial charge in [0.2, 0.25) is 0 Å². The molecule has 140 valence electrons. The third-order valence-electron chi connectivity index (χ3n) is 3.73. The average molecular weight is 382 g/mol. The topological polar surface area (TPSA) is 120 Å². The summed E-state index contributed by atoms with van der Waals surface area (Å²) in [7, 11) is 0. The van der Waals surface area contributed by atoms with Gasteiger partial charge in [-0.2, -0.15) is 0 Å². The standard InChI is InChI=1S/C17H20ClN3O5/c1-3-12-14(16(23)25-4-2)13(21-17(24)20-12)8-26-15(22)10-7-9(18)5-6-11(10)19/h5-7,12H,3-4,8,19H2,1-2H3,(H2,20,21,24). The highest BCUT2D eigenvalue weighted by atomic mass is 35.5. The predicted octanol–water partition coefficient (Wildman–Crippen LogP) is 1.99. The lowest BCUT2D eigenvalue weighted by molar-refractivity contribution is -0.139. The molecule has 2 amide bonds. The molecule has 8 nitrogen and oxygen atoms in total. The Kier molecular flexibility index (Phi) is 6.46. The van der Waals surface area contributed by atoms with Crippen LogP contribution in [0.1, 0.15) is 30.6 Å². The van der Waals surface area contributed by atoms with E-state index in [0.717, 1.165) is 0 Å². The molecular weight excluding hydrogens is 362 g/mol. The van der Waals surface area contributed by atoms with Gasteiger partial charge in [-0.1, -0.05) is 18.5 Å². The van der Waals surface area contributed by atoms with E-state index in [2.05, 4.69) is 10.6 Å². The van der Waals surface area contributed by atoms with E-state index >= 15 is 0 Å². The minimum Gasteiger partial charge on any atom is -0.463 e. The van der Waals surface area contributed by atoms with Gasteiger partial charge < -0.3 is 25.8 Å². The number of rotatable bonds is 6. The fourth-order valence-electron chi connectivity index (χ4n) is 2.50. The number of carbonyl (C=O) groups is 3. The van der Waals surface area contributed by atoms with Gasteiger partial charge in [0.15, 0.2) is 0 Å². The van der Waals surface area contributed by atoms with Gasteiger partial charge in [0.1, 0.15) is 6.61 Å². The molecule has 1 aromatic rings. The molecule has 0 saturated heterocycles. The van der Waals surface area contributed by atoms with Crippen molar-refractivity contribution in [2.75, 3.05) is 18.9 Å². The lowest BCUT2D eigenvalue weighted by Crippen LogP contribution is -2.51. The summed E-state index contributed by atoms with van der Waals surface area (Å²) in [6.45, 7) is 3.35. The fraction of sp³-hybridized carbons (Fsp3) is 0.353. The number of nitrogen functional groups attached to an aromatic ring is 1. The van der Waals surface area contributed by atoms with E-state index in [4.69, 9.17) is 26.8 Å². The number of urea groups is 1. The van der Waals surface area contributed by atoms with Crippen LogP contribution in [0.3, 0.4) is 0 Å². The zero-order chi connectivity index (χ0) is 19.3. The van der Waals surface area contributed by atoms with Crippen LogP contribution in [0.5, 0.6) is 0 Å². The highest BCUT2D eigenvalue weighted by Crippen LogP contribution is 2.21. The summed E-state index contributed by atoms with van der Waals surface area (Å²) in [6, 6.07) is 3.40. The Labute approximate surface area is 155 Å². The van der Waals surface area contributed by atoms with E-state index in [1.807, 2.05) is 6.92 Å². The van der Waals surface area contributed by atoms with E-state index < -0.39 is 24.0 Å². The van der Waals surface area contributed by atoms with Crippen LogP contribution in [0.2, 0.25) is 5.02 Å². The molecule has 1 aliphatic heterocycles. The highest BCUT2D eigenvalue weighted by molar-refractivity contribution is 6.31. The largest absolute Gasteiger partial charge is 0.463 e. The van der Waals surface area contributed by atoms with Crippen molar-refractivity contribution in [1.82, 2.24) is 10.6 Å². The van der Waals surface area contributed by atoms with E-state index in [1.165, 1.54) is 12.1 Å². The van der Waals surface area contributed by atoms with Crippen LogP contribution >= 0.6 is 11.6 Å². The third-order valence-corrected chi connectivity index (χ3v) is 3.96. The molecule has 9 heteroatoms. The molecule has 2 rings (SSSR count). The molecule has 1 aromatic carbocycles. The van der Waals surface area contributed by atoms with Gasteiger partial charge in [-0.05, 0) is 31.5 Å². The Morgan fingerprint density at radius 3 is 2.62 bits per heavy atom. The number of hydrogen-bond acceptors (Lipinski definition) is 6. The quantitative estimate of drug-likeness (QED) is 0.512. The molecule has 0 aliphatic carbocycles. The maximum atomic E-state index is 12.3. The van der Waals surface area contributed by atoms with Gasteiger partial charge in [-0.25, -0.2) is 14.4 Å². The first-order valence-corrected chi connectivity index (χ1v) is 8.44. The first-order chi connectivity index (χ1) is 12.4. The van der Waals surface area contributed by atoms with Gasteiger partial charge in [0.25, 0.3) is 0 Å². The molecule has 0 radical (unpaired) electrons. The summed E-state index contributed by atoms with van der Waals surface area (Å²) in [4.78, 5) is 36.3. The van der Waals surface area contributed by atoms with Gasteiger partial charge in [0, 0.05) is 10.7 Å². The second-order valence-electron chi connectivity index (χ2n) is 5.48. The molecule has 1 heterocycles. The van der Waals surface area contributed by atoms with Crippen LogP contribution in [-0.2, 0) is 14.3 Å². The summed E-state index contributed by atoms with van der Waals surface area (Å²) in [5.41, 5.74) is 6.46. The van der Waals surface area contributed by atoms with Crippen molar-refractivity contribution >= 4 is 35.3 Å². The van der Waals surface area contributed by atoms with Gasteiger partial charge in [-0.15, -0.1) is 0 Å². The molecule has 0 spiro atoms.